The molecule has 0 amide bonds. The summed E-state index contributed by atoms with van der Waals surface area (Å²) in [5.74, 6) is -0.270. The van der Waals surface area contributed by atoms with Gasteiger partial charge in [0.25, 0.3) is 10.1 Å². The summed E-state index contributed by atoms with van der Waals surface area (Å²) in [6.07, 6.45) is 14.9. The summed E-state index contributed by atoms with van der Waals surface area (Å²) in [7, 11) is -3.95. The normalized spacial score (nSPS) is 12.8. The number of hydrogen-bond donors (Lipinski definition) is 1. The Morgan fingerprint density at radius 1 is 0.792 bits per heavy atom. The van der Waals surface area contributed by atoms with Crippen molar-refractivity contribution in [3.8, 4) is 0 Å². The minimum atomic E-state index is -3.95. The van der Waals surface area contributed by atoms with Gasteiger partial charge in [-0.3, -0.25) is 4.55 Å². The zero-order valence-corrected chi connectivity index (χ0v) is 16.1. The van der Waals surface area contributed by atoms with Gasteiger partial charge in [0.2, 0.25) is 0 Å². The summed E-state index contributed by atoms with van der Waals surface area (Å²) in [6, 6.07) is 0. The molecule has 0 saturated heterocycles. The molecule has 142 valence electrons. The van der Waals surface area contributed by atoms with Crippen LogP contribution in [0.4, 0.5) is 0 Å². The van der Waals surface area contributed by atoms with Crippen molar-refractivity contribution >= 4 is 29.0 Å². The van der Waals surface area contributed by atoms with E-state index in [1.54, 1.807) is 0 Å². The summed E-state index contributed by atoms with van der Waals surface area (Å²) >= 11 is 0. The zero-order valence-electron chi connectivity index (χ0n) is 15.3. The van der Waals surface area contributed by atoms with E-state index in [0.29, 0.717) is 6.61 Å². The van der Waals surface area contributed by atoms with Gasteiger partial charge in [0.15, 0.2) is 0 Å². The summed E-state index contributed by atoms with van der Waals surface area (Å²) in [4.78, 5) is 0. The molecule has 6 heteroatoms. The molecule has 0 aliphatic heterocycles. The van der Waals surface area contributed by atoms with Crippen LogP contribution in [0.3, 0.4) is 0 Å². The maximum absolute atomic E-state index is 11.0. The molecular weight excluding hydrogens is 319 g/mol. The van der Waals surface area contributed by atoms with Crippen LogP contribution in [0.5, 0.6) is 0 Å². The van der Waals surface area contributed by atoms with E-state index in [4.69, 9.17) is 9.29 Å². The van der Waals surface area contributed by atoms with Gasteiger partial charge in [-0.1, -0.05) is 84.5 Å². The van der Waals surface area contributed by atoms with E-state index in [0.717, 1.165) is 32.1 Å². The quantitative estimate of drug-likeness (QED) is 0.232. The Bertz CT molecular complexity index is 347. The molecule has 0 bridgehead atoms. The molecule has 0 rings (SSSR count). The minimum absolute atomic E-state index is 0. The van der Waals surface area contributed by atoms with Crippen LogP contribution in [0.25, 0.3) is 0 Å². The van der Waals surface area contributed by atoms with E-state index < -0.39 is 10.1 Å². The average Bonchev–Trinajstić information content (AvgIpc) is 2.47. The molecule has 4 nitrogen and oxygen atoms in total. The van der Waals surface area contributed by atoms with Gasteiger partial charge in [-0.15, -0.1) is 0 Å². The molecule has 0 radical (unpaired) electrons. The van der Waals surface area contributed by atoms with Crippen LogP contribution in [0.15, 0.2) is 0 Å². The molecule has 0 aromatic rings. The van der Waals surface area contributed by atoms with Crippen molar-refractivity contribution in [1.29, 1.82) is 0 Å². The Hall–Kier alpha value is 0.467. The second-order valence-electron chi connectivity index (χ2n) is 6.57. The van der Waals surface area contributed by atoms with Gasteiger partial charge in [-0.05, 0) is 12.8 Å². The van der Waals surface area contributed by atoms with E-state index in [1.807, 2.05) is 0 Å². The predicted molar refractivity (Wildman–Crippen MR) is 105 cm³/mol. The molecular formula is C18H39LiO4S. The van der Waals surface area contributed by atoms with E-state index in [2.05, 4.69) is 13.8 Å². The summed E-state index contributed by atoms with van der Waals surface area (Å²) in [5.41, 5.74) is 0. The van der Waals surface area contributed by atoms with E-state index in [1.165, 1.54) is 51.4 Å². The fourth-order valence-corrected chi connectivity index (χ4v) is 3.44. The molecule has 1 N–H and O–H groups in total. The van der Waals surface area contributed by atoms with Gasteiger partial charge in [-0.2, -0.15) is 8.42 Å². The number of hydrogen-bond acceptors (Lipinski definition) is 3. The first kappa shape index (κ1) is 26.7. The van der Waals surface area contributed by atoms with Crippen LogP contribution in [0.1, 0.15) is 97.3 Å². The third-order valence-corrected chi connectivity index (χ3v) is 4.92. The monoisotopic (exact) mass is 358 g/mol. The van der Waals surface area contributed by atoms with Gasteiger partial charge < -0.3 is 4.74 Å². The van der Waals surface area contributed by atoms with Crippen LogP contribution >= 0.6 is 0 Å². The average molecular weight is 359 g/mol. The van der Waals surface area contributed by atoms with Crippen LogP contribution in [0.2, 0.25) is 0 Å². The van der Waals surface area contributed by atoms with Gasteiger partial charge in [0, 0.05) is 6.61 Å². The fraction of sp³-hybridized carbons (Fsp3) is 1.00. The molecule has 24 heavy (non-hydrogen) atoms. The van der Waals surface area contributed by atoms with Crippen molar-refractivity contribution in [2.75, 3.05) is 12.4 Å². The third kappa shape index (κ3) is 20.5. The number of ether oxygens (including phenoxy) is 1. The Morgan fingerprint density at radius 2 is 1.25 bits per heavy atom. The first-order valence-electron chi connectivity index (χ1n) is 9.56. The van der Waals surface area contributed by atoms with Crippen molar-refractivity contribution in [3.63, 3.8) is 0 Å². The standard InChI is InChI=1S/C18H38O4S.Li.H/c1-3-5-7-8-9-10-11-12-13-14-15-18(17-23(19,20)21)22-16-6-4-2;;/h18H,3-17H2,1-2H3,(H,19,20,21);;. The van der Waals surface area contributed by atoms with Crippen LogP contribution < -0.4 is 0 Å². The van der Waals surface area contributed by atoms with Crippen molar-refractivity contribution in [2.24, 2.45) is 0 Å². The molecule has 0 aliphatic rings. The first-order chi connectivity index (χ1) is 11.0. The van der Waals surface area contributed by atoms with Gasteiger partial charge in [-0.25, -0.2) is 0 Å². The molecule has 0 saturated carbocycles. The Morgan fingerprint density at radius 3 is 1.71 bits per heavy atom. The topological polar surface area (TPSA) is 63.6 Å². The third-order valence-electron chi connectivity index (χ3n) is 4.13. The van der Waals surface area contributed by atoms with E-state index >= 15 is 0 Å². The Kier molecular flexibility index (Phi) is 20.3. The molecule has 1 unspecified atom stereocenters. The maximum atomic E-state index is 11.0. The van der Waals surface area contributed by atoms with Crippen LogP contribution in [0, 0.1) is 0 Å². The van der Waals surface area contributed by atoms with Gasteiger partial charge >= 0.3 is 18.9 Å². The number of unbranched alkanes of at least 4 members (excludes halogenated alkanes) is 10. The molecule has 0 heterocycles. The Labute approximate surface area is 162 Å². The molecule has 0 aromatic heterocycles. The van der Waals surface area contributed by atoms with Crippen molar-refractivity contribution < 1.29 is 17.7 Å². The fourth-order valence-electron chi connectivity index (χ4n) is 2.70. The zero-order chi connectivity index (χ0) is 17.4. The Balaban J connectivity index is 0. The molecule has 0 spiro atoms. The van der Waals surface area contributed by atoms with Crippen molar-refractivity contribution in [2.45, 2.75) is 103 Å². The van der Waals surface area contributed by atoms with E-state index in [-0.39, 0.29) is 30.7 Å². The van der Waals surface area contributed by atoms with Crippen LogP contribution in [-0.4, -0.2) is 50.3 Å². The summed E-state index contributed by atoms with van der Waals surface area (Å²) in [6.45, 7) is 4.89. The first-order valence-corrected chi connectivity index (χ1v) is 11.2. The van der Waals surface area contributed by atoms with E-state index in [9.17, 15) is 8.42 Å². The SMILES string of the molecule is CCCCCCCCCCCCC(CS(=O)(=O)O)OCCCC.[LiH]. The molecule has 1 atom stereocenters. The molecule has 0 aromatic carbocycles. The molecule has 0 aliphatic carbocycles. The van der Waals surface area contributed by atoms with Crippen molar-refractivity contribution in [3.05, 3.63) is 0 Å². The van der Waals surface area contributed by atoms with Crippen LogP contribution in [-0.2, 0) is 14.9 Å². The summed E-state index contributed by atoms with van der Waals surface area (Å²) < 4.78 is 36.7. The second kappa shape index (κ2) is 18.3. The van der Waals surface area contributed by atoms with Gasteiger partial charge in [0.05, 0.1) is 6.10 Å². The number of rotatable bonds is 17. The van der Waals surface area contributed by atoms with Crippen molar-refractivity contribution in [1.82, 2.24) is 0 Å². The molecule has 0 fully saturated rings. The predicted octanol–water partition coefficient (Wildman–Crippen LogP) is 4.72. The summed E-state index contributed by atoms with van der Waals surface area (Å²) in [5, 5.41) is 0. The van der Waals surface area contributed by atoms with Gasteiger partial charge in [0.1, 0.15) is 5.75 Å². The second-order valence-corrected chi connectivity index (χ2v) is 8.06.